The molecule has 0 aliphatic carbocycles. The summed E-state index contributed by atoms with van der Waals surface area (Å²) in [6, 6.07) is 19.0. The number of amides is 1. The van der Waals surface area contributed by atoms with Crippen molar-refractivity contribution >= 4 is 17.6 Å². The molecule has 150 valence electrons. The normalized spacial score (nSPS) is 12.9. The topological polar surface area (TPSA) is 110 Å². The fourth-order valence-electron chi connectivity index (χ4n) is 3.10. The largest absolute Gasteiger partial charge is 0.480 e. The summed E-state index contributed by atoms with van der Waals surface area (Å²) in [5, 5.41) is 16.6. The molecule has 0 saturated carbocycles. The van der Waals surface area contributed by atoms with Crippen molar-refractivity contribution in [3.8, 4) is 0 Å². The molecule has 7 nitrogen and oxygen atoms in total. The molecule has 0 bridgehead atoms. The van der Waals surface area contributed by atoms with E-state index < -0.39 is 17.4 Å². The van der Waals surface area contributed by atoms with Crippen molar-refractivity contribution in [2.45, 2.75) is 31.8 Å². The van der Waals surface area contributed by atoms with Gasteiger partial charge >= 0.3 is 5.97 Å². The Labute approximate surface area is 169 Å². The molecule has 1 aromatic heterocycles. The number of anilines is 1. The van der Waals surface area contributed by atoms with E-state index in [0.29, 0.717) is 6.54 Å². The molecule has 4 N–H and O–H groups in total. The summed E-state index contributed by atoms with van der Waals surface area (Å²) in [7, 11) is 0. The highest BCUT2D eigenvalue weighted by atomic mass is 16.4. The highest BCUT2D eigenvalue weighted by molar-refractivity contribution is 6.00. The molecule has 3 rings (SSSR count). The molecule has 29 heavy (non-hydrogen) atoms. The molecule has 1 atom stereocenters. The average molecular weight is 392 g/mol. The van der Waals surface area contributed by atoms with Crippen LogP contribution >= 0.6 is 0 Å². The molecule has 7 heteroatoms. The number of aryl methyl sites for hydroxylation is 2. The lowest BCUT2D eigenvalue weighted by Gasteiger charge is -2.26. The van der Waals surface area contributed by atoms with Gasteiger partial charge in [-0.15, -0.1) is 0 Å². The second-order valence-electron chi connectivity index (χ2n) is 7.19. The third-order valence-corrected chi connectivity index (χ3v) is 4.74. The highest BCUT2D eigenvalue weighted by Gasteiger charge is 2.36. The predicted molar refractivity (Wildman–Crippen MR) is 110 cm³/mol. The van der Waals surface area contributed by atoms with E-state index in [1.807, 2.05) is 60.7 Å². The van der Waals surface area contributed by atoms with E-state index in [4.69, 9.17) is 5.73 Å². The first-order chi connectivity index (χ1) is 13.9. The maximum atomic E-state index is 12.7. The van der Waals surface area contributed by atoms with Gasteiger partial charge in [0.15, 0.2) is 5.69 Å². The molecule has 0 aliphatic rings. The number of nitrogens with one attached hydrogen (secondary N) is 1. The van der Waals surface area contributed by atoms with Gasteiger partial charge in [-0.25, -0.2) is 4.79 Å². The number of hydrogen-bond donors (Lipinski definition) is 3. The number of hydrogen-bond acceptors (Lipinski definition) is 4. The van der Waals surface area contributed by atoms with E-state index in [2.05, 4.69) is 10.4 Å². The summed E-state index contributed by atoms with van der Waals surface area (Å²) in [6.07, 6.45) is 2.47. The number of carbonyl (C=O) groups excluding carboxylic acids is 1. The van der Waals surface area contributed by atoms with Gasteiger partial charge in [-0.05, 0) is 24.5 Å². The van der Waals surface area contributed by atoms with Crippen molar-refractivity contribution in [1.29, 1.82) is 0 Å². The van der Waals surface area contributed by atoms with Gasteiger partial charge in [0.05, 0.1) is 5.69 Å². The molecule has 0 radical (unpaired) electrons. The average Bonchev–Trinajstić information content (AvgIpc) is 3.08. The van der Waals surface area contributed by atoms with Crippen LogP contribution in [0.5, 0.6) is 0 Å². The highest BCUT2D eigenvalue weighted by Crippen LogP contribution is 2.17. The predicted octanol–water partition coefficient (Wildman–Crippen LogP) is 2.52. The van der Waals surface area contributed by atoms with Gasteiger partial charge in [-0.3, -0.25) is 9.48 Å². The van der Waals surface area contributed by atoms with Crippen LogP contribution in [0.25, 0.3) is 0 Å². The standard InChI is InChI=1S/C22H24N4O3/c1-22(21(28)29,14-17-10-6-3-7-11-17)24-20(27)19-18(23)15-26(25-19)13-12-16-8-4-2-5-9-16/h2-11,15H,12-14,23H2,1H3,(H,24,27)(H,28,29). The fraction of sp³-hybridized carbons (Fsp3) is 0.227. The zero-order valence-electron chi connectivity index (χ0n) is 16.2. The van der Waals surface area contributed by atoms with Gasteiger partial charge in [0.2, 0.25) is 0 Å². The number of aromatic nitrogens is 2. The number of carbonyl (C=O) groups is 2. The zero-order chi connectivity index (χ0) is 20.9. The van der Waals surface area contributed by atoms with Crippen LogP contribution in [0, 0.1) is 0 Å². The molecule has 0 spiro atoms. The second kappa shape index (κ2) is 8.60. The van der Waals surface area contributed by atoms with Gasteiger partial charge in [0.25, 0.3) is 5.91 Å². The molecular weight excluding hydrogens is 368 g/mol. The van der Waals surface area contributed by atoms with Gasteiger partial charge in [-0.2, -0.15) is 5.10 Å². The van der Waals surface area contributed by atoms with Gasteiger partial charge in [0, 0.05) is 19.2 Å². The maximum Gasteiger partial charge on any atom is 0.329 e. The lowest BCUT2D eigenvalue weighted by atomic mass is 9.92. The van der Waals surface area contributed by atoms with Crippen LogP contribution in [0.2, 0.25) is 0 Å². The quantitative estimate of drug-likeness (QED) is 0.546. The first-order valence-corrected chi connectivity index (χ1v) is 9.34. The van der Waals surface area contributed by atoms with E-state index in [0.717, 1.165) is 17.5 Å². The summed E-state index contributed by atoms with van der Waals surface area (Å²) >= 11 is 0. The molecule has 3 aromatic rings. The summed E-state index contributed by atoms with van der Waals surface area (Å²) in [4.78, 5) is 24.6. The van der Waals surface area contributed by atoms with Crippen molar-refractivity contribution in [1.82, 2.24) is 15.1 Å². The van der Waals surface area contributed by atoms with E-state index in [1.165, 1.54) is 6.92 Å². The fourth-order valence-corrected chi connectivity index (χ4v) is 3.10. The van der Waals surface area contributed by atoms with Crippen LogP contribution in [0.1, 0.15) is 28.5 Å². The minimum absolute atomic E-state index is 0.0265. The Balaban J connectivity index is 1.71. The Morgan fingerprint density at radius 1 is 1.07 bits per heavy atom. The number of rotatable bonds is 8. The number of carboxylic acids is 1. The summed E-state index contributed by atoms with van der Waals surface area (Å²) < 4.78 is 1.60. The molecule has 2 aromatic carbocycles. The van der Waals surface area contributed by atoms with Crippen LogP contribution < -0.4 is 11.1 Å². The lowest BCUT2D eigenvalue weighted by Crippen LogP contribution is -2.54. The SMILES string of the molecule is CC(Cc1ccccc1)(NC(=O)c1nn(CCc2ccccc2)cc1N)C(=O)O. The third kappa shape index (κ3) is 5.01. The van der Waals surface area contributed by atoms with Gasteiger partial charge < -0.3 is 16.2 Å². The van der Waals surface area contributed by atoms with E-state index in [1.54, 1.807) is 10.9 Å². The summed E-state index contributed by atoms with van der Waals surface area (Å²) in [6.45, 7) is 2.03. The number of benzene rings is 2. The Morgan fingerprint density at radius 2 is 1.66 bits per heavy atom. The van der Waals surface area contributed by atoms with E-state index >= 15 is 0 Å². The smallest absolute Gasteiger partial charge is 0.329 e. The Kier molecular flexibility index (Phi) is 5.97. The molecular formula is C22H24N4O3. The van der Waals surface area contributed by atoms with Crippen molar-refractivity contribution in [3.63, 3.8) is 0 Å². The number of nitrogen functional groups attached to an aromatic ring is 1. The van der Waals surface area contributed by atoms with Gasteiger partial charge in [0.1, 0.15) is 5.54 Å². The lowest BCUT2D eigenvalue weighted by molar-refractivity contribution is -0.143. The van der Waals surface area contributed by atoms with Crippen LogP contribution in [0.15, 0.2) is 66.9 Å². The Morgan fingerprint density at radius 3 is 2.24 bits per heavy atom. The number of aliphatic carboxylic acids is 1. The summed E-state index contributed by atoms with van der Waals surface area (Å²) in [5.74, 6) is -1.74. The van der Waals surface area contributed by atoms with Crippen LogP contribution in [0.3, 0.4) is 0 Å². The first-order valence-electron chi connectivity index (χ1n) is 9.34. The van der Waals surface area contributed by atoms with Crippen molar-refractivity contribution in [2.75, 3.05) is 5.73 Å². The zero-order valence-corrected chi connectivity index (χ0v) is 16.2. The third-order valence-electron chi connectivity index (χ3n) is 4.74. The number of carboxylic acid groups (broad SMARTS) is 1. The Bertz CT molecular complexity index is 986. The Hall–Kier alpha value is -3.61. The van der Waals surface area contributed by atoms with Crippen molar-refractivity contribution in [2.24, 2.45) is 0 Å². The molecule has 0 saturated heterocycles. The van der Waals surface area contributed by atoms with Crippen molar-refractivity contribution in [3.05, 3.63) is 83.7 Å². The van der Waals surface area contributed by atoms with Crippen LogP contribution in [-0.2, 0) is 24.2 Å². The number of nitrogens with zero attached hydrogens (tertiary/aromatic N) is 2. The summed E-state index contributed by atoms with van der Waals surface area (Å²) in [5.41, 5.74) is 6.67. The molecule has 0 aliphatic heterocycles. The van der Waals surface area contributed by atoms with Crippen LogP contribution in [0.4, 0.5) is 5.69 Å². The molecule has 1 unspecified atom stereocenters. The molecule has 1 heterocycles. The van der Waals surface area contributed by atoms with Crippen molar-refractivity contribution < 1.29 is 14.7 Å². The monoisotopic (exact) mass is 392 g/mol. The minimum atomic E-state index is -1.49. The number of nitrogens with two attached hydrogens (primary N) is 1. The minimum Gasteiger partial charge on any atom is -0.480 e. The first kappa shape index (κ1) is 20.1. The van der Waals surface area contributed by atoms with E-state index in [9.17, 15) is 14.7 Å². The molecule has 1 amide bonds. The van der Waals surface area contributed by atoms with Gasteiger partial charge in [-0.1, -0.05) is 60.7 Å². The van der Waals surface area contributed by atoms with Crippen LogP contribution in [-0.4, -0.2) is 32.3 Å². The van der Waals surface area contributed by atoms with E-state index in [-0.39, 0.29) is 17.8 Å². The second-order valence-corrected chi connectivity index (χ2v) is 7.19. The molecule has 0 fully saturated rings. The maximum absolute atomic E-state index is 12.7.